The highest BCUT2D eigenvalue weighted by atomic mass is 15.1. The van der Waals surface area contributed by atoms with Gasteiger partial charge in [-0.05, 0) is 45.7 Å². The van der Waals surface area contributed by atoms with Crippen LogP contribution in [-0.2, 0) is 0 Å². The molecule has 2 nitrogen and oxygen atoms in total. The fourth-order valence-electron chi connectivity index (χ4n) is 2.82. The fourth-order valence-corrected chi connectivity index (χ4v) is 2.82. The van der Waals surface area contributed by atoms with E-state index in [1.807, 2.05) is 0 Å². The van der Waals surface area contributed by atoms with Gasteiger partial charge in [0.2, 0.25) is 0 Å². The van der Waals surface area contributed by atoms with Gasteiger partial charge in [0.25, 0.3) is 0 Å². The summed E-state index contributed by atoms with van der Waals surface area (Å²) in [4.78, 5) is 2.49. The first-order chi connectivity index (χ1) is 7.11. The second kappa shape index (κ2) is 5.86. The van der Waals surface area contributed by atoms with Crippen LogP contribution in [0.5, 0.6) is 0 Å². The minimum absolute atomic E-state index is 0.167. The van der Waals surface area contributed by atoms with Gasteiger partial charge >= 0.3 is 0 Å². The van der Waals surface area contributed by atoms with E-state index in [-0.39, 0.29) is 5.54 Å². The molecule has 0 heterocycles. The lowest BCUT2D eigenvalue weighted by Crippen LogP contribution is -2.41. The molecule has 0 aromatic rings. The molecule has 0 unspecified atom stereocenters. The summed E-state index contributed by atoms with van der Waals surface area (Å²) in [5.41, 5.74) is 6.53. The van der Waals surface area contributed by atoms with Crippen LogP contribution in [0.25, 0.3) is 0 Å². The summed E-state index contributed by atoms with van der Waals surface area (Å²) >= 11 is 0. The highest BCUT2D eigenvalue weighted by Gasteiger charge is 2.29. The molecular weight excluding hydrogens is 184 g/mol. The smallest absolute Gasteiger partial charge is 0.0166 e. The Morgan fingerprint density at radius 1 is 1.20 bits per heavy atom. The van der Waals surface area contributed by atoms with E-state index in [9.17, 15) is 0 Å². The van der Waals surface area contributed by atoms with Crippen LogP contribution in [0.15, 0.2) is 0 Å². The monoisotopic (exact) mass is 212 g/mol. The molecule has 1 aliphatic carbocycles. The molecular formula is C13H28N2. The van der Waals surface area contributed by atoms with Crippen molar-refractivity contribution < 1.29 is 0 Å². The highest BCUT2D eigenvalue weighted by Crippen LogP contribution is 2.30. The molecule has 0 amide bonds. The zero-order valence-electron chi connectivity index (χ0n) is 10.8. The average Bonchev–Trinajstić information content (AvgIpc) is 2.65. The van der Waals surface area contributed by atoms with E-state index in [1.165, 1.54) is 51.5 Å². The van der Waals surface area contributed by atoms with E-state index in [1.54, 1.807) is 0 Å². The molecule has 1 rings (SSSR count). The molecule has 0 aromatic carbocycles. The average molecular weight is 212 g/mol. The van der Waals surface area contributed by atoms with Crippen LogP contribution < -0.4 is 5.73 Å². The van der Waals surface area contributed by atoms with Crippen molar-refractivity contribution in [3.05, 3.63) is 0 Å². The predicted octanol–water partition coefficient (Wildman–Crippen LogP) is 2.77. The molecule has 1 aliphatic rings. The lowest BCUT2D eigenvalue weighted by molar-refractivity contribution is 0.205. The Balaban J connectivity index is 2.29. The summed E-state index contributed by atoms with van der Waals surface area (Å²) in [6.45, 7) is 5.72. The summed E-state index contributed by atoms with van der Waals surface area (Å²) in [6, 6.07) is 0.745. The predicted molar refractivity (Wildman–Crippen MR) is 67.0 cm³/mol. The van der Waals surface area contributed by atoms with Crippen LogP contribution in [0.4, 0.5) is 0 Å². The molecule has 0 bridgehead atoms. The van der Waals surface area contributed by atoms with Gasteiger partial charge in [0.1, 0.15) is 0 Å². The van der Waals surface area contributed by atoms with Crippen molar-refractivity contribution in [3.63, 3.8) is 0 Å². The van der Waals surface area contributed by atoms with Gasteiger partial charge < -0.3 is 10.6 Å². The third-order valence-electron chi connectivity index (χ3n) is 4.13. The number of nitrogens with zero attached hydrogens (tertiary/aromatic N) is 1. The van der Waals surface area contributed by atoms with E-state index in [0.29, 0.717) is 0 Å². The van der Waals surface area contributed by atoms with Crippen LogP contribution in [0, 0.1) is 0 Å². The van der Waals surface area contributed by atoms with Gasteiger partial charge in [0.15, 0.2) is 0 Å². The third-order valence-corrected chi connectivity index (χ3v) is 4.13. The van der Waals surface area contributed by atoms with Crippen LogP contribution >= 0.6 is 0 Å². The minimum Gasteiger partial charge on any atom is -0.325 e. The molecule has 2 heteroatoms. The SMILES string of the molecule is CCC(CC)N(C)CCC1(N)CCCC1. The summed E-state index contributed by atoms with van der Waals surface area (Å²) in [6.07, 6.45) is 8.85. The minimum atomic E-state index is 0.167. The van der Waals surface area contributed by atoms with E-state index < -0.39 is 0 Å². The van der Waals surface area contributed by atoms with Gasteiger partial charge in [-0.1, -0.05) is 26.7 Å². The third kappa shape index (κ3) is 3.76. The zero-order valence-corrected chi connectivity index (χ0v) is 10.8. The van der Waals surface area contributed by atoms with Crippen molar-refractivity contribution in [2.45, 2.75) is 70.4 Å². The maximum absolute atomic E-state index is 6.36. The summed E-state index contributed by atoms with van der Waals surface area (Å²) in [7, 11) is 2.25. The molecule has 2 N–H and O–H groups in total. The van der Waals surface area contributed by atoms with Gasteiger partial charge in [-0.15, -0.1) is 0 Å². The molecule has 0 radical (unpaired) electrons. The first-order valence-corrected chi connectivity index (χ1v) is 6.60. The maximum Gasteiger partial charge on any atom is 0.0166 e. The Bertz CT molecular complexity index is 169. The Kier molecular flexibility index (Phi) is 5.07. The number of nitrogens with two attached hydrogens (primary N) is 1. The topological polar surface area (TPSA) is 29.3 Å². The highest BCUT2D eigenvalue weighted by molar-refractivity contribution is 4.89. The van der Waals surface area contributed by atoms with Gasteiger partial charge in [0.05, 0.1) is 0 Å². The van der Waals surface area contributed by atoms with Crippen molar-refractivity contribution in [1.82, 2.24) is 4.90 Å². The van der Waals surface area contributed by atoms with Crippen molar-refractivity contribution in [2.75, 3.05) is 13.6 Å². The molecule has 15 heavy (non-hydrogen) atoms. The molecule has 0 saturated heterocycles. The second-order valence-electron chi connectivity index (χ2n) is 5.27. The quantitative estimate of drug-likeness (QED) is 0.733. The molecule has 90 valence electrons. The lowest BCUT2D eigenvalue weighted by atomic mass is 9.94. The standard InChI is InChI=1S/C13H28N2/c1-4-12(5-2)15(3)11-10-13(14)8-6-7-9-13/h12H,4-11,14H2,1-3H3. The van der Waals surface area contributed by atoms with Gasteiger partial charge in [-0.3, -0.25) is 0 Å². The maximum atomic E-state index is 6.36. The van der Waals surface area contributed by atoms with Gasteiger partial charge in [0, 0.05) is 11.6 Å². The van der Waals surface area contributed by atoms with Gasteiger partial charge in [-0.2, -0.15) is 0 Å². The van der Waals surface area contributed by atoms with Crippen LogP contribution in [0.3, 0.4) is 0 Å². The number of rotatable bonds is 6. The molecule has 1 saturated carbocycles. The van der Waals surface area contributed by atoms with Crippen molar-refractivity contribution >= 4 is 0 Å². The first kappa shape index (κ1) is 13.0. The van der Waals surface area contributed by atoms with Crippen molar-refractivity contribution in [3.8, 4) is 0 Å². The Hall–Kier alpha value is -0.0800. The fraction of sp³-hybridized carbons (Fsp3) is 1.00. The summed E-state index contributed by atoms with van der Waals surface area (Å²) < 4.78 is 0. The molecule has 0 aromatic heterocycles. The summed E-state index contributed by atoms with van der Waals surface area (Å²) in [5, 5.41) is 0. The van der Waals surface area contributed by atoms with Gasteiger partial charge in [-0.25, -0.2) is 0 Å². The van der Waals surface area contributed by atoms with E-state index in [4.69, 9.17) is 5.73 Å². The second-order valence-corrected chi connectivity index (χ2v) is 5.27. The van der Waals surface area contributed by atoms with Crippen LogP contribution in [0.1, 0.15) is 58.8 Å². The van der Waals surface area contributed by atoms with E-state index in [0.717, 1.165) is 6.04 Å². The molecule has 1 fully saturated rings. The Morgan fingerprint density at radius 2 is 1.73 bits per heavy atom. The van der Waals surface area contributed by atoms with E-state index >= 15 is 0 Å². The Morgan fingerprint density at radius 3 is 2.20 bits per heavy atom. The zero-order chi connectivity index (χ0) is 11.3. The van der Waals surface area contributed by atoms with Crippen molar-refractivity contribution in [2.24, 2.45) is 5.73 Å². The number of hydrogen-bond donors (Lipinski definition) is 1. The first-order valence-electron chi connectivity index (χ1n) is 6.60. The van der Waals surface area contributed by atoms with Crippen molar-refractivity contribution in [1.29, 1.82) is 0 Å². The molecule has 0 atom stereocenters. The molecule has 0 aliphatic heterocycles. The van der Waals surface area contributed by atoms with Crippen LogP contribution in [0.2, 0.25) is 0 Å². The van der Waals surface area contributed by atoms with Crippen LogP contribution in [-0.4, -0.2) is 30.1 Å². The summed E-state index contributed by atoms with van der Waals surface area (Å²) in [5.74, 6) is 0. The number of hydrogen-bond acceptors (Lipinski definition) is 2. The van der Waals surface area contributed by atoms with E-state index in [2.05, 4.69) is 25.8 Å². The molecule has 0 spiro atoms. The normalized spacial score (nSPS) is 20.4. The Labute approximate surface area is 95.2 Å². The lowest BCUT2D eigenvalue weighted by Gasteiger charge is -2.31. The largest absolute Gasteiger partial charge is 0.325 e.